The quantitative estimate of drug-likeness (QED) is 0.443. The van der Waals surface area contributed by atoms with Gasteiger partial charge in [-0.05, 0) is 42.7 Å². The Morgan fingerprint density at radius 3 is 2.26 bits per heavy atom. The van der Waals surface area contributed by atoms with Crippen LogP contribution in [0.4, 0.5) is 0 Å². The number of fused-ring (bicyclic) bond motifs is 1. The third-order valence-corrected chi connectivity index (χ3v) is 5.92. The fourth-order valence-corrected chi connectivity index (χ4v) is 4.26. The third-order valence-electron chi connectivity index (χ3n) is 4.96. The summed E-state index contributed by atoms with van der Waals surface area (Å²) in [5.74, 6) is 2.39. The molecule has 0 aliphatic heterocycles. The van der Waals surface area contributed by atoms with E-state index in [0.29, 0.717) is 45.4 Å². The number of benzene rings is 2. The summed E-state index contributed by atoms with van der Waals surface area (Å²) in [5.41, 5.74) is 3.02. The van der Waals surface area contributed by atoms with Gasteiger partial charge in [0.2, 0.25) is 10.7 Å². The van der Waals surface area contributed by atoms with E-state index in [1.165, 1.54) is 21.4 Å². The monoisotopic (exact) mass is 437 g/mol. The van der Waals surface area contributed by atoms with E-state index < -0.39 is 0 Å². The molecule has 0 N–H and O–H groups in total. The van der Waals surface area contributed by atoms with E-state index >= 15 is 0 Å². The van der Waals surface area contributed by atoms with Gasteiger partial charge in [-0.2, -0.15) is 4.52 Å². The van der Waals surface area contributed by atoms with Crippen molar-refractivity contribution in [2.45, 2.75) is 19.8 Å². The van der Waals surface area contributed by atoms with Crippen LogP contribution in [0.25, 0.3) is 11.0 Å². The number of aromatic nitrogens is 3. The van der Waals surface area contributed by atoms with Crippen LogP contribution in [-0.4, -0.2) is 35.9 Å². The molecule has 2 heterocycles. The van der Waals surface area contributed by atoms with Gasteiger partial charge in [0, 0.05) is 6.42 Å². The summed E-state index contributed by atoms with van der Waals surface area (Å²) in [6.07, 6.45) is 3.13. The first-order valence-electron chi connectivity index (χ1n) is 9.78. The largest absolute Gasteiger partial charge is 0.493 e. The third kappa shape index (κ3) is 4.25. The summed E-state index contributed by atoms with van der Waals surface area (Å²) in [7, 11) is 4.76. The number of methoxy groups -OCH3 is 3. The molecule has 8 heteroatoms. The van der Waals surface area contributed by atoms with Gasteiger partial charge >= 0.3 is 0 Å². The second kappa shape index (κ2) is 8.77. The summed E-state index contributed by atoms with van der Waals surface area (Å²) >= 11 is 1.35. The van der Waals surface area contributed by atoms with Gasteiger partial charge in [0.1, 0.15) is 0 Å². The Kier molecular flexibility index (Phi) is 5.90. The highest BCUT2D eigenvalue weighted by atomic mass is 32.1. The van der Waals surface area contributed by atoms with Gasteiger partial charge in [-0.25, -0.2) is 4.98 Å². The minimum atomic E-state index is -0.146. The van der Waals surface area contributed by atoms with E-state index in [9.17, 15) is 4.79 Å². The van der Waals surface area contributed by atoms with Gasteiger partial charge in [-0.1, -0.05) is 41.2 Å². The van der Waals surface area contributed by atoms with Crippen LogP contribution in [0.1, 0.15) is 22.5 Å². The maximum absolute atomic E-state index is 12.7. The van der Waals surface area contributed by atoms with Crippen LogP contribution < -0.4 is 24.3 Å². The van der Waals surface area contributed by atoms with Crippen LogP contribution in [0.3, 0.4) is 0 Å². The van der Waals surface area contributed by atoms with E-state index in [1.54, 1.807) is 21.3 Å². The minimum Gasteiger partial charge on any atom is -0.493 e. The van der Waals surface area contributed by atoms with Crippen molar-refractivity contribution in [2.75, 3.05) is 21.3 Å². The van der Waals surface area contributed by atoms with E-state index in [1.807, 2.05) is 49.4 Å². The van der Waals surface area contributed by atoms with E-state index in [4.69, 9.17) is 14.2 Å². The molecule has 0 radical (unpaired) electrons. The molecule has 0 atom stereocenters. The predicted octanol–water partition coefficient (Wildman–Crippen LogP) is 2.82. The molecule has 0 fully saturated rings. The molecule has 0 aliphatic carbocycles. The Morgan fingerprint density at radius 2 is 1.68 bits per heavy atom. The number of hydrogen-bond donors (Lipinski definition) is 0. The van der Waals surface area contributed by atoms with Gasteiger partial charge in [-0.15, -0.1) is 5.10 Å². The van der Waals surface area contributed by atoms with Crippen molar-refractivity contribution in [2.24, 2.45) is 0 Å². The summed E-state index contributed by atoms with van der Waals surface area (Å²) in [5, 5.41) is 4.42. The van der Waals surface area contributed by atoms with Crippen molar-refractivity contribution in [3.8, 4) is 17.2 Å². The Labute approximate surface area is 183 Å². The van der Waals surface area contributed by atoms with Crippen LogP contribution in [0.5, 0.6) is 17.2 Å². The number of nitrogens with zero attached hydrogens (tertiary/aromatic N) is 3. The van der Waals surface area contributed by atoms with Crippen molar-refractivity contribution in [1.29, 1.82) is 0 Å². The van der Waals surface area contributed by atoms with E-state index in [0.717, 1.165) is 11.1 Å². The molecule has 160 valence electrons. The van der Waals surface area contributed by atoms with Crippen LogP contribution in [0.15, 0.2) is 41.2 Å². The van der Waals surface area contributed by atoms with Gasteiger partial charge in [0.15, 0.2) is 17.3 Å². The topological polar surface area (TPSA) is 75.0 Å². The Morgan fingerprint density at radius 1 is 1.00 bits per heavy atom. The number of rotatable bonds is 7. The predicted molar refractivity (Wildman–Crippen MR) is 121 cm³/mol. The molecule has 31 heavy (non-hydrogen) atoms. The number of thiazole rings is 1. The maximum atomic E-state index is 12.7. The summed E-state index contributed by atoms with van der Waals surface area (Å²) in [6, 6.07) is 11.9. The summed E-state index contributed by atoms with van der Waals surface area (Å²) in [4.78, 5) is 17.9. The molecule has 0 unspecified atom stereocenters. The fourth-order valence-electron chi connectivity index (χ4n) is 3.33. The standard InChI is InChI=1S/C23H23N3O4S/c1-14-5-7-15(8-6-14)13-19-22(27)26-23(31-19)24-20(25-26)10-9-16-11-17(28-2)21(30-4)18(12-16)29-3/h5-8,11-13H,9-10H2,1-4H3/b19-13-. The number of aryl methyl sites for hydroxylation is 3. The molecule has 0 saturated carbocycles. The smallest absolute Gasteiger partial charge is 0.291 e. The normalized spacial score (nSPS) is 11.8. The highest BCUT2D eigenvalue weighted by Gasteiger charge is 2.15. The van der Waals surface area contributed by atoms with E-state index in [2.05, 4.69) is 10.1 Å². The van der Waals surface area contributed by atoms with Gasteiger partial charge in [-0.3, -0.25) is 4.79 Å². The second-order valence-corrected chi connectivity index (χ2v) is 8.09. The lowest BCUT2D eigenvalue weighted by Gasteiger charge is -2.13. The molecular formula is C23H23N3O4S. The van der Waals surface area contributed by atoms with Crippen molar-refractivity contribution >= 4 is 22.4 Å². The molecule has 0 bridgehead atoms. The lowest BCUT2D eigenvalue weighted by molar-refractivity contribution is 0.324. The zero-order chi connectivity index (χ0) is 22.0. The zero-order valence-corrected chi connectivity index (χ0v) is 18.7. The Hall–Kier alpha value is -3.39. The van der Waals surface area contributed by atoms with Gasteiger partial charge in [0.05, 0.1) is 25.9 Å². The Bertz CT molecular complexity index is 1300. The first-order valence-corrected chi connectivity index (χ1v) is 10.6. The Balaban J connectivity index is 1.57. The molecule has 0 aliphatic rings. The van der Waals surface area contributed by atoms with Crippen LogP contribution >= 0.6 is 11.3 Å². The van der Waals surface area contributed by atoms with E-state index in [-0.39, 0.29) is 5.56 Å². The molecule has 2 aromatic carbocycles. The summed E-state index contributed by atoms with van der Waals surface area (Å²) in [6.45, 7) is 2.03. The zero-order valence-electron chi connectivity index (χ0n) is 17.8. The lowest BCUT2D eigenvalue weighted by Crippen LogP contribution is -2.23. The molecule has 4 rings (SSSR count). The van der Waals surface area contributed by atoms with Gasteiger partial charge in [0.25, 0.3) is 5.56 Å². The van der Waals surface area contributed by atoms with Crippen molar-refractivity contribution in [1.82, 2.24) is 14.6 Å². The lowest BCUT2D eigenvalue weighted by atomic mass is 10.1. The molecule has 0 spiro atoms. The SMILES string of the molecule is COc1cc(CCc2nc3s/c(=C\c4ccc(C)cc4)c(=O)n3n2)cc(OC)c1OC. The molecule has 0 amide bonds. The first-order chi connectivity index (χ1) is 15.0. The average molecular weight is 438 g/mol. The minimum absolute atomic E-state index is 0.146. The van der Waals surface area contributed by atoms with Gasteiger partial charge < -0.3 is 14.2 Å². The molecular weight excluding hydrogens is 414 g/mol. The van der Waals surface area contributed by atoms with Crippen molar-refractivity contribution in [3.63, 3.8) is 0 Å². The molecule has 7 nitrogen and oxygen atoms in total. The summed E-state index contributed by atoms with van der Waals surface area (Å²) < 4.78 is 18.2. The number of hydrogen-bond acceptors (Lipinski definition) is 7. The number of ether oxygens (including phenoxy) is 3. The highest BCUT2D eigenvalue weighted by molar-refractivity contribution is 7.15. The maximum Gasteiger partial charge on any atom is 0.291 e. The van der Waals surface area contributed by atoms with Crippen molar-refractivity contribution in [3.05, 3.63) is 73.8 Å². The molecule has 2 aromatic heterocycles. The average Bonchev–Trinajstić information content (AvgIpc) is 3.31. The van der Waals surface area contributed by atoms with Crippen LogP contribution in [-0.2, 0) is 12.8 Å². The van der Waals surface area contributed by atoms with Crippen LogP contribution in [0.2, 0.25) is 0 Å². The second-order valence-electron chi connectivity index (χ2n) is 7.08. The fraction of sp³-hybridized carbons (Fsp3) is 0.261. The molecule has 0 saturated heterocycles. The van der Waals surface area contributed by atoms with Crippen molar-refractivity contribution < 1.29 is 14.2 Å². The van der Waals surface area contributed by atoms with Crippen LogP contribution in [0, 0.1) is 6.92 Å². The highest BCUT2D eigenvalue weighted by Crippen LogP contribution is 2.38. The molecule has 4 aromatic rings. The first kappa shape index (κ1) is 20.9.